The summed E-state index contributed by atoms with van der Waals surface area (Å²) in [5.41, 5.74) is 1.31. The van der Waals surface area contributed by atoms with Crippen LogP contribution in [0.1, 0.15) is 6.92 Å². The van der Waals surface area contributed by atoms with Crippen LogP contribution in [0.25, 0.3) is 10.9 Å². The van der Waals surface area contributed by atoms with Gasteiger partial charge in [-0.25, -0.2) is 0 Å². The lowest BCUT2D eigenvalue weighted by Crippen LogP contribution is -1.95. The lowest BCUT2D eigenvalue weighted by atomic mass is 10.2. The van der Waals surface area contributed by atoms with E-state index in [4.69, 9.17) is 0 Å². The highest BCUT2D eigenvalue weighted by Gasteiger charge is 2.10. The molecule has 2 aromatic rings. The van der Waals surface area contributed by atoms with E-state index < -0.39 is 0 Å². The first-order valence-electron chi connectivity index (χ1n) is 4.18. The van der Waals surface area contributed by atoms with E-state index in [2.05, 4.69) is 74.3 Å². The number of rotatable bonds is 1. The maximum Gasteiger partial charge on any atom is 0.0953 e. The predicted octanol–water partition coefficient (Wildman–Crippen LogP) is 4.03. The molecule has 0 atom stereocenters. The molecular formula is C10H9BrIN. The van der Waals surface area contributed by atoms with Crippen molar-refractivity contribution in [1.82, 2.24) is 4.57 Å². The summed E-state index contributed by atoms with van der Waals surface area (Å²) >= 11 is 5.99. The number of fused-ring (bicyclic) bond motifs is 1. The fourth-order valence-corrected chi connectivity index (χ4v) is 2.98. The Hall–Kier alpha value is -0.0300. The van der Waals surface area contributed by atoms with Gasteiger partial charge in [-0.3, -0.25) is 0 Å². The molecule has 0 aliphatic rings. The Morgan fingerprint density at radius 1 is 1.38 bits per heavy atom. The molecule has 0 radical (unpaired) electrons. The molecule has 1 aromatic heterocycles. The number of hydrogen-bond acceptors (Lipinski definition) is 0. The van der Waals surface area contributed by atoms with Crippen molar-refractivity contribution in [2.24, 2.45) is 0 Å². The zero-order chi connectivity index (χ0) is 9.42. The van der Waals surface area contributed by atoms with Gasteiger partial charge in [0.1, 0.15) is 0 Å². The number of benzene rings is 1. The van der Waals surface area contributed by atoms with Crippen LogP contribution in [0.3, 0.4) is 0 Å². The Labute approximate surface area is 99.4 Å². The lowest BCUT2D eigenvalue weighted by molar-refractivity contribution is 0.776. The minimum atomic E-state index is 1.02. The first kappa shape index (κ1) is 9.52. The second kappa shape index (κ2) is 3.61. The molecule has 0 aliphatic heterocycles. The number of hydrogen-bond donors (Lipinski definition) is 0. The second-order valence-corrected chi connectivity index (χ2v) is 4.68. The minimum Gasteiger partial charge on any atom is -0.335 e. The van der Waals surface area contributed by atoms with Gasteiger partial charge in [-0.2, -0.15) is 0 Å². The summed E-state index contributed by atoms with van der Waals surface area (Å²) in [6.45, 7) is 3.19. The molecule has 1 aromatic carbocycles. The number of nitrogens with zero attached hydrogens (tertiary/aromatic N) is 1. The zero-order valence-electron chi connectivity index (χ0n) is 7.22. The Morgan fingerprint density at radius 2 is 2.08 bits per heavy atom. The Balaban J connectivity index is 2.90. The largest absolute Gasteiger partial charge is 0.335 e. The number of aryl methyl sites for hydroxylation is 1. The molecule has 0 fully saturated rings. The van der Waals surface area contributed by atoms with Crippen LogP contribution in [-0.2, 0) is 6.54 Å². The fourth-order valence-electron chi connectivity index (χ4n) is 1.54. The molecule has 0 spiro atoms. The second-order valence-electron chi connectivity index (χ2n) is 2.87. The van der Waals surface area contributed by atoms with E-state index in [0.29, 0.717) is 0 Å². The molecule has 0 saturated heterocycles. The van der Waals surface area contributed by atoms with E-state index in [9.17, 15) is 0 Å². The van der Waals surface area contributed by atoms with Gasteiger partial charge in [-0.15, -0.1) is 0 Å². The van der Waals surface area contributed by atoms with Gasteiger partial charge in [0.2, 0.25) is 0 Å². The van der Waals surface area contributed by atoms with E-state index in [1.165, 1.54) is 19.1 Å². The van der Waals surface area contributed by atoms with Gasteiger partial charge in [0.15, 0.2) is 0 Å². The van der Waals surface area contributed by atoms with E-state index in [-0.39, 0.29) is 0 Å². The van der Waals surface area contributed by atoms with Crippen LogP contribution in [0.5, 0.6) is 0 Å². The number of para-hydroxylation sites is 1. The summed E-state index contributed by atoms with van der Waals surface area (Å²) in [7, 11) is 0. The molecule has 0 saturated carbocycles. The molecule has 3 heteroatoms. The van der Waals surface area contributed by atoms with Crippen LogP contribution < -0.4 is 0 Å². The van der Waals surface area contributed by atoms with Crippen molar-refractivity contribution in [1.29, 1.82) is 0 Å². The van der Waals surface area contributed by atoms with Crippen LogP contribution >= 0.6 is 38.5 Å². The third-order valence-corrected chi connectivity index (χ3v) is 4.83. The predicted molar refractivity (Wildman–Crippen MR) is 68.0 cm³/mol. The van der Waals surface area contributed by atoms with Gasteiger partial charge in [0, 0.05) is 17.4 Å². The molecular weight excluding hydrogens is 341 g/mol. The standard InChI is InChI=1S/C10H9BrIN/c1-2-13-8-6-4-3-5-7(8)9(11)10(13)12/h3-6H,2H2,1H3. The average molecular weight is 350 g/mol. The molecule has 0 bridgehead atoms. The highest BCUT2D eigenvalue weighted by molar-refractivity contribution is 14.1. The van der Waals surface area contributed by atoms with Gasteiger partial charge in [-0.05, 0) is 51.5 Å². The monoisotopic (exact) mass is 349 g/mol. The summed E-state index contributed by atoms with van der Waals surface area (Å²) in [6, 6.07) is 8.46. The Kier molecular flexibility index (Phi) is 2.65. The minimum absolute atomic E-state index is 1.02. The molecule has 0 aliphatic carbocycles. The van der Waals surface area contributed by atoms with Crippen molar-refractivity contribution in [3.63, 3.8) is 0 Å². The smallest absolute Gasteiger partial charge is 0.0953 e. The molecule has 0 unspecified atom stereocenters. The third-order valence-electron chi connectivity index (χ3n) is 2.17. The summed E-state index contributed by atoms with van der Waals surface area (Å²) in [5, 5.41) is 1.30. The Bertz CT molecular complexity index is 447. The van der Waals surface area contributed by atoms with Crippen LogP contribution in [-0.4, -0.2) is 4.57 Å². The number of aromatic nitrogens is 1. The average Bonchev–Trinajstić information content (AvgIpc) is 2.41. The van der Waals surface area contributed by atoms with Crippen LogP contribution in [0.4, 0.5) is 0 Å². The van der Waals surface area contributed by atoms with Crippen molar-refractivity contribution in [2.75, 3.05) is 0 Å². The van der Waals surface area contributed by atoms with Crippen molar-refractivity contribution in [3.05, 3.63) is 32.4 Å². The van der Waals surface area contributed by atoms with Crippen LogP contribution in [0, 0.1) is 3.70 Å². The van der Waals surface area contributed by atoms with Gasteiger partial charge < -0.3 is 4.57 Å². The maximum absolute atomic E-state index is 3.61. The topological polar surface area (TPSA) is 4.93 Å². The summed E-state index contributed by atoms with van der Waals surface area (Å²) in [5.74, 6) is 0. The lowest BCUT2D eigenvalue weighted by Gasteiger charge is -2.01. The van der Waals surface area contributed by atoms with Crippen molar-refractivity contribution >= 4 is 49.4 Å². The highest BCUT2D eigenvalue weighted by Crippen LogP contribution is 2.31. The first-order chi connectivity index (χ1) is 6.25. The van der Waals surface area contributed by atoms with Crippen LogP contribution in [0.2, 0.25) is 0 Å². The fraction of sp³-hybridized carbons (Fsp3) is 0.200. The van der Waals surface area contributed by atoms with Crippen LogP contribution in [0.15, 0.2) is 28.7 Å². The van der Waals surface area contributed by atoms with Crippen molar-refractivity contribution in [3.8, 4) is 0 Å². The molecule has 1 nitrogen and oxygen atoms in total. The zero-order valence-corrected chi connectivity index (χ0v) is 11.0. The number of halogens is 2. The molecule has 68 valence electrons. The SMILES string of the molecule is CCn1c(I)c(Br)c2ccccc21. The molecule has 2 rings (SSSR count). The van der Waals surface area contributed by atoms with E-state index in [0.717, 1.165) is 6.54 Å². The first-order valence-corrected chi connectivity index (χ1v) is 6.05. The third kappa shape index (κ3) is 1.42. The maximum atomic E-state index is 3.61. The van der Waals surface area contributed by atoms with Crippen molar-refractivity contribution in [2.45, 2.75) is 13.5 Å². The normalized spacial score (nSPS) is 11.0. The molecule has 1 heterocycles. The van der Waals surface area contributed by atoms with Gasteiger partial charge >= 0.3 is 0 Å². The van der Waals surface area contributed by atoms with E-state index in [1.54, 1.807) is 0 Å². The quantitative estimate of drug-likeness (QED) is 0.685. The molecule has 0 amide bonds. The van der Waals surface area contributed by atoms with Crippen molar-refractivity contribution < 1.29 is 0 Å². The van der Waals surface area contributed by atoms with E-state index in [1.807, 2.05) is 0 Å². The Morgan fingerprint density at radius 3 is 2.77 bits per heavy atom. The van der Waals surface area contributed by atoms with E-state index >= 15 is 0 Å². The highest BCUT2D eigenvalue weighted by atomic mass is 127. The summed E-state index contributed by atoms with van der Waals surface area (Å²) in [4.78, 5) is 0. The van der Waals surface area contributed by atoms with Gasteiger partial charge in [0.05, 0.1) is 8.17 Å². The van der Waals surface area contributed by atoms with Gasteiger partial charge in [0.25, 0.3) is 0 Å². The summed E-state index contributed by atoms with van der Waals surface area (Å²) in [6.07, 6.45) is 0. The molecule has 0 N–H and O–H groups in total. The molecule has 13 heavy (non-hydrogen) atoms. The summed E-state index contributed by atoms with van der Waals surface area (Å²) < 4.78 is 4.80. The van der Waals surface area contributed by atoms with Gasteiger partial charge in [-0.1, -0.05) is 18.2 Å².